The molecule has 19 heavy (non-hydrogen) atoms. The van der Waals surface area contributed by atoms with Gasteiger partial charge in [0.15, 0.2) is 0 Å². The summed E-state index contributed by atoms with van der Waals surface area (Å²) in [5.41, 5.74) is 9.39. The fourth-order valence-corrected chi connectivity index (χ4v) is 2.92. The summed E-state index contributed by atoms with van der Waals surface area (Å²) in [6, 6.07) is 2.22. The number of rotatable bonds is 6. The van der Waals surface area contributed by atoms with Crippen molar-refractivity contribution in [3.05, 3.63) is 27.8 Å². The van der Waals surface area contributed by atoms with Crippen LogP contribution in [0.3, 0.4) is 0 Å². The fourth-order valence-electron chi connectivity index (χ4n) is 2.65. The molecule has 108 valence electrons. The Labute approximate surface area is 122 Å². The molecule has 0 aliphatic heterocycles. The number of benzene rings is 1. The summed E-state index contributed by atoms with van der Waals surface area (Å²) in [5.74, 6) is 1.44. The summed E-state index contributed by atoms with van der Waals surface area (Å²) in [7, 11) is 1.73. The van der Waals surface area contributed by atoms with Crippen molar-refractivity contribution in [3.63, 3.8) is 0 Å². The molecule has 0 amide bonds. The predicted octanol–water partition coefficient (Wildman–Crippen LogP) is 4.59. The minimum Gasteiger partial charge on any atom is -0.496 e. The molecule has 1 aromatic rings. The lowest BCUT2D eigenvalue weighted by atomic mass is 9.86. The molecule has 1 aromatic carbocycles. The van der Waals surface area contributed by atoms with Gasteiger partial charge in [-0.15, -0.1) is 0 Å². The van der Waals surface area contributed by atoms with Crippen molar-refractivity contribution < 1.29 is 4.74 Å². The molecule has 0 aliphatic carbocycles. The van der Waals surface area contributed by atoms with Gasteiger partial charge in [0.25, 0.3) is 0 Å². The summed E-state index contributed by atoms with van der Waals surface area (Å²) in [5, 5.41) is 0.826. The Morgan fingerprint density at radius 3 is 2.42 bits per heavy atom. The third-order valence-electron chi connectivity index (χ3n) is 3.78. The predicted molar refractivity (Wildman–Crippen MR) is 83.4 cm³/mol. The lowest BCUT2D eigenvalue weighted by Gasteiger charge is -2.23. The van der Waals surface area contributed by atoms with Crippen molar-refractivity contribution in [2.45, 2.75) is 58.9 Å². The van der Waals surface area contributed by atoms with Crippen LogP contribution in [0.2, 0.25) is 5.02 Å². The third-order valence-corrected chi connectivity index (χ3v) is 4.18. The second-order valence-electron chi connectivity index (χ2n) is 5.41. The van der Waals surface area contributed by atoms with Gasteiger partial charge in [0.2, 0.25) is 0 Å². The van der Waals surface area contributed by atoms with E-state index < -0.39 is 0 Å². The zero-order chi connectivity index (χ0) is 14.6. The number of methoxy groups -OCH3 is 1. The topological polar surface area (TPSA) is 35.2 Å². The van der Waals surface area contributed by atoms with Gasteiger partial charge in [0, 0.05) is 16.6 Å². The highest BCUT2D eigenvalue weighted by Gasteiger charge is 2.21. The Hall–Kier alpha value is -0.730. The summed E-state index contributed by atoms with van der Waals surface area (Å²) >= 11 is 6.33. The molecule has 2 unspecified atom stereocenters. The number of halogens is 1. The SMILES string of the molecule is CCC(CCC(C)N)c1c(C)c(Cl)cc(C)c1OC. The average molecular weight is 284 g/mol. The van der Waals surface area contributed by atoms with Crippen LogP contribution in [0.1, 0.15) is 55.7 Å². The molecule has 2 N–H and O–H groups in total. The second-order valence-corrected chi connectivity index (χ2v) is 5.81. The summed E-state index contributed by atoms with van der Waals surface area (Å²) in [6.07, 6.45) is 3.17. The molecule has 0 saturated carbocycles. The van der Waals surface area contributed by atoms with Gasteiger partial charge in [0.1, 0.15) is 5.75 Å². The zero-order valence-electron chi connectivity index (χ0n) is 12.7. The normalized spacial score (nSPS) is 14.3. The van der Waals surface area contributed by atoms with Gasteiger partial charge in [-0.1, -0.05) is 18.5 Å². The first kappa shape index (κ1) is 16.3. The summed E-state index contributed by atoms with van der Waals surface area (Å²) in [6.45, 7) is 8.39. The Balaban J connectivity index is 3.21. The smallest absolute Gasteiger partial charge is 0.125 e. The van der Waals surface area contributed by atoms with Crippen LogP contribution in [0, 0.1) is 13.8 Å². The van der Waals surface area contributed by atoms with Gasteiger partial charge in [-0.25, -0.2) is 0 Å². The third kappa shape index (κ3) is 3.87. The molecule has 0 fully saturated rings. The standard InChI is InChI=1S/C16H26ClNO/c1-6-13(8-7-11(3)18)15-12(4)14(17)9-10(2)16(15)19-5/h9,11,13H,6-8,18H2,1-5H3. The maximum absolute atomic E-state index is 6.33. The van der Waals surface area contributed by atoms with Crippen molar-refractivity contribution in [1.82, 2.24) is 0 Å². The quantitative estimate of drug-likeness (QED) is 0.829. The molecule has 3 heteroatoms. The van der Waals surface area contributed by atoms with E-state index in [1.165, 1.54) is 5.56 Å². The van der Waals surface area contributed by atoms with Gasteiger partial charge in [-0.3, -0.25) is 0 Å². The van der Waals surface area contributed by atoms with Crippen LogP contribution >= 0.6 is 11.6 Å². The van der Waals surface area contributed by atoms with Gasteiger partial charge >= 0.3 is 0 Å². The van der Waals surface area contributed by atoms with E-state index in [1.54, 1.807) is 7.11 Å². The molecule has 2 nitrogen and oxygen atoms in total. The van der Waals surface area contributed by atoms with E-state index in [-0.39, 0.29) is 6.04 Å². The largest absolute Gasteiger partial charge is 0.496 e. The van der Waals surface area contributed by atoms with E-state index in [1.807, 2.05) is 13.0 Å². The van der Waals surface area contributed by atoms with Crippen LogP contribution in [0.15, 0.2) is 6.07 Å². The molecule has 0 bridgehead atoms. The van der Waals surface area contributed by atoms with E-state index in [0.29, 0.717) is 5.92 Å². The molecule has 0 aromatic heterocycles. The van der Waals surface area contributed by atoms with Crippen molar-refractivity contribution in [2.75, 3.05) is 7.11 Å². The monoisotopic (exact) mass is 283 g/mol. The Kier molecular flexibility index (Phi) is 6.15. The minimum atomic E-state index is 0.237. The first-order valence-corrected chi connectivity index (χ1v) is 7.39. The van der Waals surface area contributed by atoms with E-state index in [2.05, 4.69) is 20.8 Å². The molecule has 0 spiro atoms. The molecule has 1 rings (SSSR count). The summed E-state index contributed by atoms with van der Waals surface area (Å²) < 4.78 is 5.61. The Bertz CT molecular complexity index is 429. The zero-order valence-corrected chi connectivity index (χ0v) is 13.5. The number of nitrogens with two attached hydrogens (primary N) is 1. The van der Waals surface area contributed by atoms with E-state index in [9.17, 15) is 0 Å². The average Bonchev–Trinajstić information content (AvgIpc) is 2.35. The van der Waals surface area contributed by atoms with E-state index in [0.717, 1.165) is 41.2 Å². The van der Waals surface area contributed by atoms with Crippen LogP contribution < -0.4 is 10.5 Å². The van der Waals surface area contributed by atoms with Crippen molar-refractivity contribution in [3.8, 4) is 5.75 Å². The highest BCUT2D eigenvalue weighted by molar-refractivity contribution is 6.31. The Morgan fingerprint density at radius 1 is 1.32 bits per heavy atom. The van der Waals surface area contributed by atoms with Gasteiger partial charge in [-0.2, -0.15) is 0 Å². The molecule has 0 radical (unpaired) electrons. The van der Waals surface area contributed by atoms with Crippen LogP contribution in [-0.4, -0.2) is 13.2 Å². The highest BCUT2D eigenvalue weighted by Crippen LogP contribution is 2.40. The molecular weight excluding hydrogens is 258 g/mol. The van der Waals surface area contributed by atoms with Gasteiger partial charge < -0.3 is 10.5 Å². The van der Waals surface area contributed by atoms with Gasteiger partial charge in [0.05, 0.1) is 7.11 Å². The number of ether oxygens (including phenoxy) is 1. The van der Waals surface area contributed by atoms with Crippen LogP contribution in [-0.2, 0) is 0 Å². The Morgan fingerprint density at radius 2 is 1.95 bits per heavy atom. The molecular formula is C16H26ClNO. The first-order chi connectivity index (χ1) is 8.92. The van der Waals surface area contributed by atoms with Gasteiger partial charge in [-0.05, 0) is 63.1 Å². The minimum absolute atomic E-state index is 0.237. The van der Waals surface area contributed by atoms with Crippen molar-refractivity contribution >= 4 is 11.6 Å². The van der Waals surface area contributed by atoms with E-state index in [4.69, 9.17) is 22.1 Å². The second kappa shape index (κ2) is 7.16. The first-order valence-electron chi connectivity index (χ1n) is 7.01. The lowest BCUT2D eigenvalue weighted by molar-refractivity contribution is 0.397. The lowest BCUT2D eigenvalue weighted by Crippen LogP contribution is -2.16. The number of aryl methyl sites for hydroxylation is 1. The molecule has 0 aliphatic rings. The molecule has 0 saturated heterocycles. The van der Waals surface area contributed by atoms with Crippen LogP contribution in [0.4, 0.5) is 0 Å². The van der Waals surface area contributed by atoms with E-state index >= 15 is 0 Å². The van der Waals surface area contributed by atoms with Crippen LogP contribution in [0.5, 0.6) is 5.75 Å². The molecule has 2 atom stereocenters. The number of hydrogen-bond donors (Lipinski definition) is 1. The van der Waals surface area contributed by atoms with Crippen molar-refractivity contribution in [2.24, 2.45) is 5.73 Å². The fraction of sp³-hybridized carbons (Fsp3) is 0.625. The number of hydrogen-bond acceptors (Lipinski definition) is 2. The van der Waals surface area contributed by atoms with Crippen molar-refractivity contribution in [1.29, 1.82) is 0 Å². The maximum atomic E-state index is 6.33. The van der Waals surface area contributed by atoms with Crippen LogP contribution in [0.25, 0.3) is 0 Å². The summed E-state index contributed by atoms with van der Waals surface area (Å²) in [4.78, 5) is 0. The maximum Gasteiger partial charge on any atom is 0.125 e. The molecule has 0 heterocycles. The highest BCUT2D eigenvalue weighted by atomic mass is 35.5.